The molecule has 1 aromatic carbocycles. The third-order valence-electron chi connectivity index (χ3n) is 3.90. The molecule has 2 N–H and O–H groups in total. The summed E-state index contributed by atoms with van der Waals surface area (Å²) in [5.41, 5.74) is 0.841. The summed E-state index contributed by atoms with van der Waals surface area (Å²) in [7, 11) is 0. The van der Waals surface area contributed by atoms with E-state index in [0.29, 0.717) is 30.0 Å². The van der Waals surface area contributed by atoms with E-state index < -0.39 is 0 Å². The Morgan fingerprint density at radius 2 is 1.91 bits per heavy atom. The van der Waals surface area contributed by atoms with Crippen molar-refractivity contribution in [3.63, 3.8) is 0 Å². The summed E-state index contributed by atoms with van der Waals surface area (Å²) in [6.45, 7) is 4.92. The third kappa shape index (κ3) is 6.57. The molecule has 0 heterocycles. The zero-order valence-electron chi connectivity index (χ0n) is 13.9. The first-order valence-corrected chi connectivity index (χ1v) is 8.77. The average molecular weight is 334 g/mol. The van der Waals surface area contributed by atoms with Gasteiger partial charge in [-0.1, -0.05) is 26.7 Å². The smallest absolute Gasteiger partial charge is 0.226 e. The molecule has 2 rings (SSSR count). The first-order chi connectivity index (χ1) is 11.0. The molecule has 0 atom stereocenters. The Balaban J connectivity index is 1.74. The highest BCUT2D eigenvalue weighted by Crippen LogP contribution is 2.27. The van der Waals surface area contributed by atoms with Gasteiger partial charge < -0.3 is 15.4 Å². The van der Waals surface area contributed by atoms with Gasteiger partial charge >= 0.3 is 0 Å². The number of hydrogen-bond acceptors (Lipinski definition) is 3. The summed E-state index contributed by atoms with van der Waals surface area (Å²) < 4.78 is 5.64. The van der Waals surface area contributed by atoms with Crippen LogP contribution in [0, 0.1) is 11.8 Å². The molecule has 0 bridgehead atoms. The lowest BCUT2D eigenvalue weighted by Crippen LogP contribution is -2.34. The lowest BCUT2D eigenvalue weighted by Gasteiger charge is -2.13. The number of anilines is 1. The van der Waals surface area contributed by atoms with Gasteiger partial charge in [0.1, 0.15) is 5.75 Å². The van der Waals surface area contributed by atoms with Crippen molar-refractivity contribution in [3.8, 4) is 5.75 Å². The minimum atomic E-state index is 0.00582. The van der Waals surface area contributed by atoms with E-state index in [-0.39, 0.29) is 5.91 Å². The maximum atomic E-state index is 11.9. The number of nitrogens with one attached hydrogen (secondary N) is 2. The highest BCUT2D eigenvalue weighted by atomic mass is 32.1. The summed E-state index contributed by atoms with van der Waals surface area (Å²) in [5, 5.41) is 6.14. The van der Waals surface area contributed by atoms with Crippen LogP contribution in [-0.2, 0) is 4.79 Å². The molecule has 1 aliphatic carbocycles. The summed E-state index contributed by atoms with van der Waals surface area (Å²) in [6.07, 6.45) is 5.37. The molecule has 0 spiro atoms. The quantitative estimate of drug-likeness (QED) is 0.769. The van der Waals surface area contributed by atoms with E-state index in [1.165, 1.54) is 12.8 Å². The first-order valence-electron chi connectivity index (χ1n) is 8.36. The largest absolute Gasteiger partial charge is 0.493 e. The van der Waals surface area contributed by atoms with E-state index in [2.05, 4.69) is 24.5 Å². The molecule has 5 heteroatoms. The number of ether oxygens (including phenoxy) is 1. The van der Waals surface area contributed by atoms with Crippen molar-refractivity contribution >= 4 is 28.9 Å². The van der Waals surface area contributed by atoms with Crippen LogP contribution < -0.4 is 15.4 Å². The third-order valence-corrected chi connectivity index (χ3v) is 4.10. The van der Waals surface area contributed by atoms with E-state index in [4.69, 9.17) is 17.0 Å². The molecule has 126 valence electrons. The standard InChI is InChI=1S/C18H26N2O2S/c1-13(2)12-22-16-9-7-15(8-10-16)19-18(23)20-17(21)11-14-5-3-4-6-14/h7-10,13-14H,3-6,11-12H2,1-2H3,(H2,19,20,21,23). The maximum absolute atomic E-state index is 11.9. The van der Waals surface area contributed by atoms with Gasteiger partial charge in [-0.2, -0.15) is 0 Å². The normalized spacial score (nSPS) is 14.7. The van der Waals surface area contributed by atoms with Gasteiger partial charge in [-0.05, 0) is 61.2 Å². The molecule has 0 aliphatic heterocycles. The van der Waals surface area contributed by atoms with Gasteiger partial charge in [-0.25, -0.2) is 0 Å². The lowest BCUT2D eigenvalue weighted by molar-refractivity contribution is -0.120. The molecule has 1 saturated carbocycles. The van der Waals surface area contributed by atoms with Gasteiger partial charge in [0.15, 0.2) is 5.11 Å². The molecule has 1 aliphatic rings. The Kier molecular flexibility index (Phi) is 6.84. The van der Waals surface area contributed by atoms with Crippen molar-refractivity contribution in [2.24, 2.45) is 11.8 Å². The molecular weight excluding hydrogens is 308 g/mol. The number of rotatable bonds is 6. The number of amides is 1. The Hall–Kier alpha value is -1.62. The van der Waals surface area contributed by atoms with Crippen molar-refractivity contribution in [2.75, 3.05) is 11.9 Å². The summed E-state index contributed by atoms with van der Waals surface area (Å²) in [5.74, 6) is 1.86. The van der Waals surface area contributed by atoms with E-state index in [0.717, 1.165) is 24.3 Å². The molecule has 4 nitrogen and oxygen atoms in total. The fourth-order valence-electron chi connectivity index (χ4n) is 2.71. The Morgan fingerprint density at radius 3 is 2.52 bits per heavy atom. The van der Waals surface area contributed by atoms with Crippen molar-refractivity contribution in [3.05, 3.63) is 24.3 Å². The monoisotopic (exact) mass is 334 g/mol. The fourth-order valence-corrected chi connectivity index (χ4v) is 2.95. The minimum Gasteiger partial charge on any atom is -0.493 e. The second-order valence-electron chi connectivity index (χ2n) is 6.59. The second kappa shape index (κ2) is 8.87. The van der Waals surface area contributed by atoms with Crippen LogP contribution in [0.15, 0.2) is 24.3 Å². The maximum Gasteiger partial charge on any atom is 0.226 e. The van der Waals surface area contributed by atoms with Gasteiger partial charge in [-0.3, -0.25) is 4.79 Å². The van der Waals surface area contributed by atoms with Crippen LogP contribution in [0.5, 0.6) is 5.75 Å². The van der Waals surface area contributed by atoms with Gasteiger partial charge in [0.25, 0.3) is 0 Å². The molecule has 23 heavy (non-hydrogen) atoms. The van der Waals surface area contributed by atoms with Gasteiger partial charge in [0, 0.05) is 12.1 Å². The molecule has 0 aromatic heterocycles. The van der Waals surface area contributed by atoms with Gasteiger partial charge in [0.2, 0.25) is 5.91 Å². The van der Waals surface area contributed by atoms with Crippen LogP contribution in [0.3, 0.4) is 0 Å². The van der Waals surface area contributed by atoms with Crippen LogP contribution >= 0.6 is 12.2 Å². The van der Waals surface area contributed by atoms with Crippen LogP contribution in [0.25, 0.3) is 0 Å². The minimum absolute atomic E-state index is 0.00582. The van der Waals surface area contributed by atoms with Crippen molar-refractivity contribution in [1.29, 1.82) is 0 Å². The van der Waals surface area contributed by atoms with E-state index >= 15 is 0 Å². The van der Waals surface area contributed by atoms with Crippen molar-refractivity contribution in [1.82, 2.24) is 5.32 Å². The number of carbonyl (C=O) groups excluding carboxylic acids is 1. The SMILES string of the molecule is CC(C)COc1ccc(NC(=S)NC(=O)CC2CCCC2)cc1. The van der Waals surface area contributed by atoms with Crippen molar-refractivity contribution < 1.29 is 9.53 Å². The van der Waals surface area contributed by atoms with Crippen LogP contribution in [0.4, 0.5) is 5.69 Å². The molecule has 1 aromatic rings. The topological polar surface area (TPSA) is 50.4 Å². The highest BCUT2D eigenvalue weighted by molar-refractivity contribution is 7.80. The van der Waals surface area contributed by atoms with Crippen molar-refractivity contribution in [2.45, 2.75) is 46.0 Å². The Bertz CT molecular complexity index is 522. The molecule has 0 saturated heterocycles. The van der Waals surface area contributed by atoms with Gasteiger partial charge in [0.05, 0.1) is 6.61 Å². The molecule has 1 amide bonds. The predicted molar refractivity (Wildman–Crippen MR) is 97.7 cm³/mol. The molecule has 0 radical (unpaired) electrons. The summed E-state index contributed by atoms with van der Waals surface area (Å²) in [6, 6.07) is 7.58. The van der Waals surface area contributed by atoms with E-state index in [1.807, 2.05) is 24.3 Å². The fraction of sp³-hybridized carbons (Fsp3) is 0.556. The lowest BCUT2D eigenvalue weighted by atomic mass is 10.0. The van der Waals surface area contributed by atoms with Crippen LogP contribution in [-0.4, -0.2) is 17.6 Å². The zero-order chi connectivity index (χ0) is 16.7. The average Bonchev–Trinajstić information content (AvgIpc) is 2.99. The summed E-state index contributed by atoms with van der Waals surface area (Å²) >= 11 is 5.20. The first kappa shape index (κ1) is 17.7. The Labute approximate surface area is 144 Å². The predicted octanol–water partition coefficient (Wildman–Crippen LogP) is 4.11. The number of thiocarbonyl (C=S) groups is 1. The Morgan fingerprint density at radius 1 is 1.26 bits per heavy atom. The molecule has 0 unspecified atom stereocenters. The summed E-state index contributed by atoms with van der Waals surface area (Å²) in [4.78, 5) is 11.9. The van der Waals surface area contributed by atoms with Crippen LogP contribution in [0.1, 0.15) is 46.0 Å². The zero-order valence-corrected chi connectivity index (χ0v) is 14.7. The number of carbonyl (C=O) groups is 1. The highest BCUT2D eigenvalue weighted by Gasteiger charge is 2.18. The number of hydrogen-bond donors (Lipinski definition) is 2. The van der Waals surface area contributed by atoms with E-state index in [1.54, 1.807) is 0 Å². The molecule has 1 fully saturated rings. The second-order valence-corrected chi connectivity index (χ2v) is 6.99. The van der Waals surface area contributed by atoms with E-state index in [9.17, 15) is 4.79 Å². The molecular formula is C18H26N2O2S. The van der Waals surface area contributed by atoms with Gasteiger partial charge in [-0.15, -0.1) is 0 Å². The number of benzene rings is 1. The van der Waals surface area contributed by atoms with Crippen LogP contribution in [0.2, 0.25) is 0 Å².